The zero-order valence-electron chi connectivity index (χ0n) is 9.25. The van der Waals surface area contributed by atoms with Crippen molar-refractivity contribution in [3.8, 4) is 5.69 Å². The second kappa shape index (κ2) is 3.96. The highest BCUT2D eigenvalue weighted by Crippen LogP contribution is 2.40. The van der Waals surface area contributed by atoms with Gasteiger partial charge >= 0.3 is 0 Å². The fraction of sp³-hybridized carbons (Fsp3) is 0.308. The van der Waals surface area contributed by atoms with Crippen LogP contribution in [0.4, 0.5) is 4.39 Å². The Labute approximate surface area is 98.5 Å². The van der Waals surface area contributed by atoms with Crippen LogP contribution in [-0.4, -0.2) is 14.9 Å². The lowest BCUT2D eigenvalue weighted by Crippen LogP contribution is -2.02. The lowest BCUT2D eigenvalue weighted by atomic mass is 10.2. The highest BCUT2D eigenvalue weighted by molar-refractivity contribution is 5.31. The quantitative estimate of drug-likeness (QED) is 0.882. The van der Waals surface area contributed by atoms with Crippen molar-refractivity contribution in [2.45, 2.75) is 18.9 Å². The molecule has 4 heteroatoms. The average Bonchev–Trinajstić information content (AvgIpc) is 3.07. The largest absolute Gasteiger partial charge is 0.386 e. The van der Waals surface area contributed by atoms with E-state index in [-0.39, 0.29) is 5.82 Å². The van der Waals surface area contributed by atoms with Gasteiger partial charge in [-0.3, -0.25) is 0 Å². The van der Waals surface area contributed by atoms with E-state index in [0.717, 1.165) is 18.5 Å². The first kappa shape index (κ1) is 10.5. The van der Waals surface area contributed by atoms with Gasteiger partial charge in [-0.05, 0) is 49.1 Å². The minimum Gasteiger partial charge on any atom is -0.386 e. The topological polar surface area (TPSA) is 38.0 Å². The van der Waals surface area contributed by atoms with E-state index in [2.05, 4.69) is 5.10 Å². The van der Waals surface area contributed by atoms with Crippen molar-refractivity contribution in [1.82, 2.24) is 9.78 Å². The summed E-state index contributed by atoms with van der Waals surface area (Å²) in [5.74, 6) is 0.103. The van der Waals surface area contributed by atoms with Gasteiger partial charge in [0.1, 0.15) is 11.9 Å². The van der Waals surface area contributed by atoms with E-state index in [4.69, 9.17) is 0 Å². The standard InChI is InChI=1S/C13H13FN2O/c14-10-3-5-11(6-4-10)16-8-7-12(15-16)13(17)9-1-2-9/h3-9,13,17H,1-2H2. The van der Waals surface area contributed by atoms with Crippen LogP contribution < -0.4 is 0 Å². The van der Waals surface area contributed by atoms with Gasteiger partial charge in [-0.15, -0.1) is 0 Å². The fourth-order valence-corrected chi connectivity index (χ4v) is 1.89. The predicted molar refractivity (Wildman–Crippen MR) is 61.2 cm³/mol. The second-order valence-electron chi connectivity index (χ2n) is 4.44. The molecule has 3 rings (SSSR count). The maximum atomic E-state index is 12.8. The van der Waals surface area contributed by atoms with Crippen LogP contribution in [-0.2, 0) is 0 Å². The van der Waals surface area contributed by atoms with Crippen LogP contribution in [0.25, 0.3) is 5.69 Å². The third-order valence-corrected chi connectivity index (χ3v) is 3.07. The normalized spacial score (nSPS) is 17.1. The zero-order chi connectivity index (χ0) is 11.8. The van der Waals surface area contributed by atoms with Crippen molar-refractivity contribution < 1.29 is 9.50 Å². The van der Waals surface area contributed by atoms with Gasteiger partial charge in [0.05, 0.1) is 11.4 Å². The first-order valence-electron chi connectivity index (χ1n) is 5.73. The molecule has 1 heterocycles. The molecule has 1 aromatic carbocycles. The van der Waals surface area contributed by atoms with Crippen LogP contribution in [0.3, 0.4) is 0 Å². The van der Waals surface area contributed by atoms with E-state index in [1.165, 1.54) is 12.1 Å². The Kier molecular flexibility index (Phi) is 2.44. The fourth-order valence-electron chi connectivity index (χ4n) is 1.89. The minimum absolute atomic E-state index is 0.265. The number of aliphatic hydroxyl groups is 1. The number of aromatic nitrogens is 2. The van der Waals surface area contributed by atoms with Gasteiger partial charge < -0.3 is 5.11 Å². The van der Waals surface area contributed by atoms with Gasteiger partial charge in [0.25, 0.3) is 0 Å². The smallest absolute Gasteiger partial charge is 0.123 e. The molecule has 0 bridgehead atoms. The molecule has 1 aliphatic carbocycles. The molecule has 0 amide bonds. The third kappa shape index (κ3) is 2.08. The number of halogens is 1. The van der Waals surface area contributed by atoms with E-state index in [0.29, 0.717) is 11.6 Å². The number of hydrogen-bond acceptors (Lipinski definition) is 2. The minimum atomic E-state index is -0.461. The Morgan fingerprint density at radius 3 is 2.59 bits per heavy atom. The predicted octanol–water partition coefficient (Wildman–Crippen LogP) is 2.45. The van der Waals surface area contributed by atoms with E-state index >= 15 is 0 Å². The molecule has 17 heavy (non-hydrogen) atoms. The summed E-state index contributed by atoms with van der Waals surface area (Å²) in [5, 5.41) is 14.2. The lowest BCUT2D eigenvalue weighted by Gasteiger charge is -2.05. The van der Waals surface area contributed by atoms with Crippen molar-refractivity contribution >= 4 is 0 Å². The number of hydrogen-bond donors (Lipinski definition) is 1. The van der Waals surface area contributed by atoms with E-state index < -0.39 is 6.10 Å². The van der Waals surface area contributed by atoms with Crippen molar-refractivity contribution in [3.63, 3.8) is 0 Å². The van der Waals surface area contributed by atoms with Crippen molar-refractivity contribution in [3.05, 3.63) is 48.0 Å². The third-order valence-electron chi connectivity index (χ3n) is 3.07. The number of nitrogens with zero attached hydrogens (tertiary/aromatic N) is 2. The molecular formula is C13H13FN2O. The summed E-state index contributed by atoms with van der Waals surface area (Å²) in [4.78, 5) is 0. The summed E-state index contributed by atoms with van der Waals surface area (Å²) in [6.45, 7) is 0. The van der Waals surface area contributed by atoms with E-state index in [1.807, 2.05) is 6.07 Å². The SMILES string of the molecule is OC(c1ccn(-c2ccc(F)cc2)n1)C1CC1. The van der Waals surface area contributed by atoms with E-state index in [9.17, 15) is 9.50 Å². The van der Waals surface area contributed by atoms with E-state index in [1.54, 1.807) is 23.0 Å². The zero-order valence-corrected chi connectivity index (χ0v) is 9.25. The Balaban J connectivity index is 1.86. The summed E-state index contributed by atoms with van der Waals surface area (Å²) in [5.41, 5.74) is 1.48. The maximum absolute atomic E-state index is 12.8. The highest BCUT2D eigenvalue weighted by atomic mass is 19.1. The molecule has 0 spiro atoms. The number of benzene rings is 1. The van der Waals surface area contributed by atoms with Crippen LogP contribution in [0.5, 0.6) is 0 Å². The van der Waals surface area contributed by atoms with Gasteiger partial charge in [0.15, 0.2) is 0 Å². The Bertz CT molecular complexity index is 516. The number of aliphatic hydroxyl groups excluding tert-OH is 1. The molecule has 1 fully saturated rings. The number of rotatable bonds is 3. The van der Waals surface area contributed by atoms with Gasteiger partial charge in [0, 0.05) is 6.20 Å². The second-order valence-corrected chi connectivity index (χ2v) is 4.44. The first-order chi connectivity index (χ1) is 8.24. The summed E-state index contributed by atoms with van der Waals surface area (Å²) in [7, 11) is 0. The van der Waals surface area contributed by atoms with Crippen LogP contribution in [0.15, 0.2) is 36.5 Å². The molecule has 1 atom stereocenters. The van der Waals surface area contributed by atoms with Crippen LogP contribution in [0.1, 0.15) is 24.6 Å². The van der Waals surface area contributed by atoms with Crippen molar-refractivity contribution in [2.75, 3.05) is 0 Å². The highest BCUT2D eigenvalue weighted by Gasteiger charge is 2.32. The molecule has 1 unspecified atom stereocenters. The monoisotopic (exact) mass is 232 g/mol. The molecule has 0 radical (unpaired) electrons. The Hall–Kier alpha value is -1.68. The van der Waals surface area contributed by atoms with Crippen LogP contribution in [0.2, 0.25) is 0 Å². The molecule has 0 saturated heterocycles. The Morgan fingerprint density at radius 1 is 1.24 bits per heavy atom. The van der Waals surface area contributed by atoms with Crippen molar-refractivity contribution in [1.29, 1.82) is 0 Å². The molecule has 1 aromatic heterocycles. The van der Waals surface area contributed by atoms with Crippen LogP contribution in [0, 0.1) is 11.7 Å². The molecular weight excluding hydrogens is 219 g/mol. The molecule has 3 nitrogen and oxygen atoms in total. The average molecular weight is 232 g/mol. The molecule has 1 saturated carbocycles. The van der Waals surface area contributed by atoms with Gasteiger partial charge in [-0.2, -0.15) is 5.10 Å². The van der Waals surface area contributed by atoms with Gasteiger partial charge in [-0.25, -0.2) is 9.07 Å². The molecule has 2 aromatic rings. The first-order valence-corrected chi connectivity index (χ1v) is 5.73. The van der Waals surface area contributed by atoms with Crippen molar-refractivity contribution in [2.24, 2.45) is 5.92 Å². The molecule has 88 valence electrons. The van der Waals surface area contributed by atoms with Gasteiger partial charge in [-0.1, -0.05) is 0 Å². The summed E-state index contributed by atoms with van der Waals surface area (Å²) >= 11 is 0. The summed E-state index contributed by atoms with van der Waals surface area (Å²) in [6, 6.07) is 7.93. The van der Waals surface area contributed by atoms with Gasteiger partial charge in [0.2, 0.25) is 0 Å². The summed E-state index contributed by atoms with van der Waals surface area (Å²) in [6.07, 6.45) is 3.47. The maximum Gasteiger partial charge on any atom is 0.123 e. The Morgan fingerprint density at radius 2 is 1.94 bits per heavy atom. The lowest BCUT2D eigenvalue weighted by molar-refractivity contribution is 0.148. The summed E-state index contributed by atoms with van der Waals surface area (Å²) < 4.78 is 14.4. The van der Waals surface area contributed by atoms with Crippen LogP contribution >= 0.6 is 0 Å². The molecule has 1 N–H and O–H groups in total. The molecule has 0 aliphatic heterocycles. The molecule has 1 aliphatic rings.